The lowest BCUT2D eigenvalue weighted by molar-refractivity contribution is -0.142. The number of carboxylic acids is 1. The van der Waals surface area contributed by atoms with Gasteiger partial charge in [-0.2, -0.15) is 0 Å². The van der Waals surface area contributed by atoms with Crippen LogP contribution in [0.25, 0.3) is 11.1 Å². The molecule has 0 spiro atoms. The fourth-order valence-electron chi connectivity index (χ4n) is 6.06. The van der Waals surface area contributed by atoms with E-state index in [2.05, 4.69) is 22.9 Å². The van der Waals surface area contributed by atoms with E-state index in [0.717, 1.165) is 25.7 Å². The summed E-state index contributed by atoms with van der Waals surface area (Å²) in [5, 5.41) is 17.6. The Morgan fingerprint density at radius 2 is 1.48 bits per heavy atom. The van der Waals surface area contributed by atoms with Crippen LogP contribution in [0.15, 0.2) is 36.4 Å². The van der Waals surface area contributed by atoms with E-state index in [0.29, 0.717) is 40.2 Å². The number of nitrogens with one attached hydrogen (secondary N) is 3. The van der Waals surface area contributed by atoms with Crippen LogP contribution in [0.4, 0.5) is 0 Å². The molecule has 14 heteroatoms. The molecule has 0 aliphatic carbocycles. The molecule has 4 amide bonds. The SMILES string of the molecule is CCCCCCCCCCCC(=O)NCC(=O)N(C)C1C(=O)NCC(=O)NC(C(=O)O)Cc2ccc(OCCN)c(c2)-c2cc1ccc2OCCN. The van der Waals surface area contributed by atoms with Gasteiger partial charge in [0.15, 0.2) is 0 Å². The fourth-order valence-corrected chi connectivity index (χ4v) is 6.06. The first-order valence-electron chi connectivity index (χ1n) is 18.3. The molecular formula is C38H56N6O8. The first-order chi connectivity index (χ1) is 25.1. The molecule has 2 atom stereocenters. The van der Waals surface area contributed by atoms with Gasteiger partial charge in [0.05, 0.1) is 13.1 Å². The van der Waals surface area contributed by atoms with Crippen molar-refractivity contribution in [1.29, 1.82) is 0 Å². The molecule has 0 fully saturated rings. The smallest absolute Gasteiger partial charge is 0.326 e. The first kappa shape index (κ1) is 41.7. The van der Waals surface area contributed by atoms with E-state index in [-0.39, 0.29) is 45.2 Å². The Morgan fingerprint density at radius 3 is 2.10 bits per heavy atom. The second-order valence-electron chi connectivity index (χ2n) is 13.0. The van der Waals surface area contributed by atoms with Crippen molar-refractivity contribution in [2.24, 2.45) is 11.5 Å². The summed E-state index contributed by atoms with van der Waals surface area (Å²) < 4.78 is 11.9. The lowest BCUT2D eigenvalue weighted by Gasteiger charge is -2.29. The molecule has 1 aliphatic heterocycles. The Kier molecular flexibility index (Phi) is 17.9. The molecule has 3 rings (SSSR count). The van der Waals surface area contributed by atoms with Crippen molar-refractivity contribution in [2.45, 2.75) is 89.6 Å². The molecule has 0 saturated heterocycles. The Morgan fingerprint density at radius 1 is 0.885 bits per heavy atom. The number of likely N-dealkylation sites (N-methyl/N-ethyl adjacent to an activating group) is 1. The minimum atomic E-state index is -1.30. The van der Waals surface area contributed by atoms with E-state index in [1.54, 1.807) is 36.4 Å². The van der Waals surface area contributed by atoms with Gasteiger partial charge in [-0.05, 0) is 41.8 Å². The average Bonchev–Trinajstić information content (AvgIpc) is 3.13. The number of amides is 4. The number of unbranched alkanes of at least 4 members (excludes halogenated alkanes) is 8. The van der Waals surface area contributed by atoms with Gasteiger partial charge < -0.3 is 46.9 Å². The fraction of sp³-hybridized carbons (Fsp3) is 0.553. The van der Waals surface area contributed by atoms with Gasteiger partial charge in [0, 0.05) is 44.1 Å². The quantitative estimate of drug-likeness (QED) is 0.110. The third kappa shape index (κ3) is 13.1. The van der Waals surface area contributed by atoms with Gasteiger partial charge in [-0.3, -0.25) is 19.2 Å². The third-order valence-electron chi connectivity index (χ3n) is 8.87. The molecule has 52 heavy (non-hydrogen) atoms. The number of benzene rings is 2. The normalized spacial score (nSPS) is 15.8. The van der Waals surface area contributed by atoms with Gasteiger partial charge in [0.25, 0.3) is 0 Å². The second kappa shape index (κ2) is 22.3. The largest absolute Gasteiger partial charge is 0.492 e. The molecule has 0 aromatic heterocycles. The summed E-state index contributed by atoms with van der Waals surface area (Å²) >= 11 is 0. The summed E-state index contributed by atoms with van der Waals surface area (Å²) in [5.74, 6) is -2.61. The summed E-state index contributed by atoms with van der Waals surface area (Å²) in [5.41, 5.74) is 13.5. The van der Waals surface area contributed by atoms with Crippen molar-refractivity contribution in [1.82, 2.24) is 20.9 Å². The zero-order chi connectivity index (χ0) is 37.9. The van der Waals surface area contributed by atoms with Crippen molar-refractivity contribution in [2.75, 3.05) is 46.4 Å². The molecule has 1 aliphatic rings. The molecule has 14 nitrogen and oxygen atoms in total. The molecule has 8 N–H and O–H groups in total. The number of nitrogens with zero attached hydrogens (tertiary/aromatic N) is 1. The topological polar surface area (TPSA) is 215 Å². The molecule has 4 bridgehead atoms. The number of fused-ring (bicyclic) bond motifs is 5. The van der Waals surface area contributed by atoms with Gasteiger partial charge in [-0.1, -0.05) is 70.4 Å². The Balaban J connectivity index is 1.89. The molecular weight excluding hydrogens is 668 g/mol. The van der Waals surface area contributed by atoms with Crippen molar-refractivity contribution < 1.29 is 38.6 Å². The highest BCUT2D eigenvalue weighted by atomic mass is 16.5. The van der Waals surface area contributed by atoms with Crippen LogP contribution >= 0.6 is 0 Å². The number of aliphatic carboxylic acids is 1. The van der Waals surface area contributed by atoms with E-state index in [1.807, 2.05) is 0 Å². The maximum Gasteiger partial charge on any atom is 0.326 e. The molecule has 1 heterocycles. The van der Waals surface area contributed by atoms with Crippen LogP contribution in [0.1, 0.15) is 88.3 Å². The van der Waals surface area contributed by atoms with Crippen LogP contribution < -0.4 is 36.9 Å². The summed E-state index contributed by atoms with van der Waals surface area (Å²) in [6.45, 7) is 2.16. The molecule has 2 aromatic rings. The molecule has 0 saturated carbocycles. The van der Waals surface area contributed by atoms with Gasteiger partial charge in [0.1, 0.15) is 36.8 Å². The number of carboxylic acid groups (broad SMARTS) is 1. The van der Waals surface area contributed by atoms with Crippen LogP contribution in [0.5, 0.6) is 11.5 Å². The summed E-state index contributed by atoms with van der Waals surface area (Å²) in [7, 11) is 1.44. The molecule has 0 radical (unpaired) electrons. The molecule has 286 valence electrons. The third-order valence-corrected chi connectivity index (χ3v) is 8.87. The summed E-state index contributed by atoms with van der Waals surface area (Å²) in [4.78, 5) is 66.1. The lowest BCUT2D eigenvalue weighted by Crippen LogP contribution is -2.49. The van der Waals surface area contributed by atoms with E-state index >= 15 is 0 Å². The van der Waals surface area contributed by atoms with E-state index in [1.165, 1.54) is 44.1 Å². The number of hydrogen-bond acceptors (Lipinski definition) is 9. The Bertz CT molecular complexity index is 1500. The van der Waals surface area contributed by atoms with Crippen molar-refractivity contribution in [3.63, 3.8) is 0 Å². The predicted octanol–water partition coefficient (Wildman–Crippen LogP) is 2.81. The van der Waals surface area contributed by atoms with Crippen LogP contribution in [0.2, 0.25) is 0 Å². The number of carbonyl (C=O) groups is 5. The van der Waals surface area contributed by atoms with Crippen LogP contribution in [-0.4, -0.2) is 92.1 Å². The van der Waals surface area contributed by atoms with Crippen LogP contribution in [0, 0.1) is 0 Å². The highest BCUT2D eigenvalue weighted by Gasteiger charge is 2.31. The van der Waals surface area contributed by atoms with Gasteiger partial charge in [-0.25, -0.2) is 4.79 Å². The number of hydrogen-bond donors (Lipinski definition) is 6. The van der Waals surface area contributed by atoms with Crippen LogP contribution in [0.3, 0.4) is 0 Å². The van der Waals surface area contributed by atoms with Crippen molar-refractivity contribution in [3.05, 3.63) is 47.5 Å². The van der Waals surface area contributed by atoms with E-state index in [4.69, 9.17) is 20.9 Å². The second-order valence-corrected chi connectivity index (χ2v) is 13.0. The minimum Gasteiger partial charge on any atom is -0.492 e. The lowest BCUT2D eigenvalue weighted by atomic mass is 9.94. The monoisotopic (exact) mass is 724 g/mol. The number of nitrogens with two attached hydrogens (primary N) is 2. The van der Waals surface area contributed by atoms with Crippen molar-refractivity contribution >= 4 is 29.6 Å². The van der Waals surface area contributed by atoms with Crippen molar-refractivity contribution in [3.8, 4) is 22.6 Å². The zero-order valence-corrected chi connectivity index (χ0v) is 30.5. The molecule has 2 unspecified atom stereocenters. The van der Waals surface area contributed by atoms with E-state index < -0.39 is 42.3 Å². The summed E-state index contributed by atoms with van der Waals surface area (Å²) in [6, 6.07) is 7.57. The van der Waals surface area contributed by atoms with Gasteiger partial charge in [0.2, 0.25) is 23.6 Å². The van der Waals surface area contributed by atoms with Crippen LogP contribution in [-0.2, 0) is 30.4 Å². The predicted molar refractivity (Wildman–Crippen MR) is 198 cm³/mol. The van der Waals surface area contributed by atoms with Gasteiger partial charge >= 0.3 is 5.97 Å². The summed E-state index contributed by atoms with van der Waals surface area (Å²) in [6.07, 6.45) is 10.3. The molecule has 2 aromatic carbocycles. The highest BCUT2D eigenvalue weighted by Crippen LogP contribution is 2.40. The maximum absolute atomic E-state index is 13.8. The number of ether oxygens (including phenoxy) is 2. The number of rotatable bonds is 20. The minimum absolute atomic E-state index is 0.0530. The Labute approximate surface area is 306 Å². The average molecular weight is 725 g/mol. The maximum atomic E-state index is 13.8. The number of carbonyl (C=O) groups excluding carboxylic acids is 4. The standard InChI is InChI=1S/C38H56N6O8/c1-3-4-5-6-7-8-9-10-11-12-33(45)41-25-35(47)44(2)36-27-14-16-32(52-20-18-40)29(23-27)28-21-26(13-15-31(28)51-19-17-39)22-30(38(49)50)43-34(46)24-42-37(36)48/h13-16,21,23,30,36H,3-12,17-20,22,24-25,39-40H2,1-2H3,(H,41,45)(H,42,48)(H,43,46)(H,49,50). The zero-order valence-electron chi connectivity index (χ0n) is 30.5. The first-order valence-corrected chi connectivity index (χ1v) is 18.3. The highest BCUT2D eigenvalue weighted by molar-refractivity contribution is 5.94. The van der Waals surface area contributed by atoms with Gasteiger partial charge in [-0.15, -0.1) is 0 Å². The van der Waals surface area contributed by atoms with E-state index in [9.17, 15) is 29.1 Å². The Hall–Kier alpha value is -4.69.